The standard InChI is InChI=1S/C27H32FN5O3/c1-5-17(2)30-25(34)16-33-26(19-6-8-22(28)24(14-19)36-4)31-23-9-7-20(15-21(23)27(33)35)32-13-12-29-11-10-18(32)3/h6-9,11,14-15,17-18H,5,10,12-13,16H2,1-4H3,(H,30,34)/t17-,18?/m1/s1. The Morgan fingerprint density at radius 1 is 1.28 bits per heavy atom. The van der Waals surface area contributed by atoms with Crippen molar-refractivity contribution in [2.75, 3.05) is 25.1 Å². The van der Waals surface area contributed by atoms with Crippen LogP contribution in [0, 0.1) is 5.82 Å². The van der Waals surface area contributed by atoms with Crippen molar-refractivity contribution in [2.45, 2.75) is 52.2 Å². The van der Waals surface area contributed by atoms with Crippen molar-refractivity contribution in [3.8, 4) is 17.1 Å². The second-order valence-electron chi connectivity index (χ2n) is 9.12. The quantitative estimate of drug-likeness (QED) is 0.541. The fourth-order valence-electron chi connectivity index (χ4n) is 4.33. The molecule has 0 saturated heterocycles. The molecule has 0 fully saturated rings. The van der Waals surface area contributed by atoms with Gasteiger partial charge in [-0.2, -0.15) is 0 Å². The van der Waals surface area contributed by atoms with E-state index in [1.54, 1.807) is 0 Å². The van der Waals surface area contributed by atoms with Crippen LogP contribution in [0.2, 0.25) is 0 Å². The summed E-state index contributed by atoms with van der Waals surface area (Å²) < 4.78 is 20.6. The number of nitrogens with one attached hydrogen (secondary N) is 1. The van der Waals surface area contributed by atoms with Gasteiger partial charge in [0.25, 0.3) is 5.56 Å². The van der Waals surface area contributed by atoms with E-state index >= 15 is 0 Å². The van der Waals surface area contributed by atoms with Gasteiger partial charge in [-0.15, -0.1) is 0 Å². The predicted octanol–water partition coefficient (Wildman–Crippen LogP) is 3.80. The second kappa shape index (κ2) is 10.9. The molecule has 1 aliphatic heterocycles. The third kappa shape index (κ3) is 5.24. The normalized spacial score (nSPS) is 16.6. The van der Waals surface area contributed by atoms with Crippen molar-refractivity contribution in [1.29, 1.82) is 0 Å². The van der Waals surface area contributed by atoms with E-state index in [0.29, 0.717) is 23.0 Å². The van der Waals surface area contributed by atoms with Crippen LogP contribution in [0.3, 0.4) is 0 Å². The van der Waals surface area contributed by atoms with E-state index in [4.69, 9.17) is 9.72 Å². The summed E-state index contributed by atoms with van der Waals surface area (Å²) in [5.74, 6) is -0.512. The van der Waals surface area contributed by atoms with Gasteiger partial charge in [-0.1, -0.05) is 6.92 Å². The number of methoxy groups -OCH3 is 1. The van der Waals surface area contributed by atoms with Crippen LogP contribution in [0.25, 0.3) is 22.3 Å². The third-order valence-corrected chi connectivity index (χ3v) is 6.58. The summed E-state index contributed by atoms with van der Waals surface area (Å²) in [7, 11) is 1.37. The molecule has 0 spiro atoms. The van der Waals surface area contributed by atoms with Gasteiger partial charge in [0.15, 0.2) is 11.6 Å². The van der Waals surface area contributed by atoms with Gasteiger partial charge >= 0.3 is 0 Å². The number of carbonyl (C=O) groups is 1. The highest BCUT2D eigenvalue weighted by Crippen LogP contribution is 2.28. The van der Waals surface area contributed by atoms with Crippen molar-refractivity contribution < 1.29 is 13.9 Å². The first kappa shape index (κ1) is 25.3. The molecule has 4 rings (SSSR count). The van der Waals surface area contributed by atoms with E-state index in [1.165, 1.54) is 29.9 Å². The summed E-state index contributed by atoms with van der Waals surface area (Å²) >= 11 is 0. The summed E-state index contributed by atoms with van der Waals surface area (Å²) in [4.78, 5) is 38.0. The molecule has 1 aliphatic rings. The Kier molecular flexibility index (Phi) is 7.67. The molecule has 1 amide bonds. The van der Waals surface area contributed by atoms with Crippen molar-refractivity contribution in [2.24, 2.45) is 4.99 Å². The van der Waals surface area contributed by atoms with Gasteiger partial charge in [-0.3, -0.25) is 19.1 Å². The molecule has 3 aromatic rings. The maximum Gasteiger partial charge on any atom is 0.262 e. The number of rotatable bonds is 7. The molecule has 1 N–H and O–H groups in total. The smallest absolute Gasteiger partial charge is 0.262 e. The number of ether oxygens (including phenoxy) is 1. The Morgan fingerprint density at radius 3 is 2.83 bits per heavy atom. The van der Waals surface area contributed by atoms with Gasteiger partial charge in [0, 0.05) is 42.5 Å². The molecular weight excluding hydrogens is 461 g/mol. The molecule has 0 aliphatic carbocycles. The van der Waals surface area contributed by atoms with Crippen LogP contribution in [-0.4, -0.2) is 54.0 Å². The lowest BCUT2D eigenvalue weighted by atomic mass is 10.1. The molecule has 2 atom stereocenters. The average Bonchev–Trinajstić information content (AvgIpc) is 3.09. The van der Waals surface area contributed by atoms with E-state index in [2.05, 4.69) is 22.1 Å². The first-order valence-corrected chi connectivity index (χ1v) is 12.2. The Bertz CT molecular complexity index is 1350. The summed E-state index contributed by atoms with van der Waals surface area (Å²) in [5.41, 5.74) is 1.55. The van der Waals surface area contributed by atoms with Crippen LogP contribution in [0.1, 0.15) is 33.6 Å². The zero-order valence-electron chi connectivity index (χ0n) is 21.1. The number of benzene rings is 2. The van der Waals surface area contributed by atoms with Gasteiger partial charge in [-0.05, 0) is 56.7 Å². The van der Waals surface area contributed by atoms with Gasteiger partial charge in [-0.25, -0.2) is 9.37 Å². The van der Waals surface area contributed by atoms with Crippen LogP contribution in [0.15, 0.2) is 46.2 Å². The fourth-order valence-corrected chi connectivity index (χ4v) is 4.33. The van der Waals surface area contributed by atoms with Gasteiger partial charge < -0.3 is 15.0 Å². The lowest BCUT2D eigenvalue weighted by molar-refractivity contribution is -0.122. The Morgan fingerprint density at radius 2 is 2.08 bits per heavy atom. The largest absolute Gasteiger partial charge is 0.494 e. The van der Waals surface area contributed by atoms with Crippen LogP contribution < -0.4 is 20.5 Å². The first-order chi connectivity index (χ1) is 17.3. The van der Waals surface area contributed by atoms with Crippen molar-refractivity contribution >= 4 is 28.7 Å². The minimum atomic E-state index is -0.523. The highest BCUT2D eigenvalue weighted by molar-refractivity contribution is 5.85. The molecule has 8 nitrogen and oxygen atoms in total. The van der Waals surface area contributed by atoms with Gasteiger partial charge in [0.05, 0.1) is 24.6 Å². The topological polar surface area (TPSA) is 88.8 Å². The molecule has 2 heterocycles. The molecule has 1 unspecified atom stereocenters. The molecule has 1 aromatic heterocycles. The van der Waals surface area contributed by atoms with E-state index in [-0.39, 0.29) is 41.7 Å². The van der Waals surface area contributed by atoms with E-state index in [0.717, 1.165) is 25.1 Å². The van der Waals surface area contributed by atoms with E-state index < -0.39 is 5.82 Å². The summed E-state index contributed by atoms with van der Waals surface area (Å²) in [6, 6.07) is 10.1. The third-order valence-electron chi connectivity index (χ3n) is 6.58. The zero-order valence-corrected chi connectivity index (χ0v) is 21.1. The molecular formula is C27H32FN5O3. The molecule has 190 valence electrons. The molecule has 0 radical (unpaired) electrons. The number of hydrogen-bond acceptors (Lipinski definition) is 6. The van der Waals surface area contributed by atoms with Crippen molar-refractivity contribution in [3.05, 3.63) is 52.6 Å². The van der Waals surface area contributed by atoms with E-state index in [1.807, 2.05) is 38.3 Å². The van der Waals surface area contributed by atoms with E-state index in [9.17, 15) is 14.0 Å². The maximum atomic E-state index is 14.1. The number of nitrogens with zero attached hydrogens (tertiary/aromatic N) is 4. The number of halogens is 1. The highest BCUT2D eigenvalue weighted by Gasteiger charge is 2.20. The van der Waals surface area contributed by atoms with Crippen LogP contribution in [0.4, 0.5) is 10.1 Å². The lowest BCUT2D eigenvalue weighted by Gasteiger charge is -2.29. The predicted molar refractivity (Wildman–Crippen MR) is 141 cm³/mol. The van der Waals surface area contributed by atoms with Crippen LogP contribution >= 0.6 is 0 Å². The molecule has 36 heavy (non-hydrogen) atoms. The number of fused-ring (bicyclic) bond motifs is 1. The molecule has 2 aromatic carbocycles. The Labute approximate surface area is 209 Å². The zero-order chi connectivity index (χ0) is 25.8. The van der Waals surface area contributed by atoms with Crippen molar-refractivity contribution in [3.63, 3.8) is 0 Å². The summed E-state index contributed by atoms with van der Waals surface area (Å²) in [5, 5.41) is 3.32. The summed E-state index contributed by atoms with van der Waals surface area (Å²) in [6.45, 7) is 7.23. The SMILES string of the molecule is CC[C@@H](C)NC(=O)Cn1c(-c2ccc(F)c(OC)c2)nc2ccc(N3CCN=CCC3C)cc2c1=O. The molecule has 0 saturated carbocycles. The Hall–Kier alpha value is -3.75. The number of aliphatic imine (C=N–C) groups is 1. The minimum Gasteiger partial charge on any atom is -0.494 e. The number of anilines is 1. The van der Waals surface area contributed by atoms with Crippen LogP contribution in [0.5, 0.6) is 5.75 Å². The van der Waals surface area contributed by atoms with Crippen molar-refractivity contribution in [1.82, 2.24) is 14.9 Å². The first-order valence-electron chi connectivity index (χ1n) is 12.2. The number of amides is 1. The second-order valence-corrected chi connectivity index (χ2v) is 9.12. The lowest BCUT2D eigenvalue weighted by Crippen LogP contribution is -2.38. The minimum absolute atomic E-state index is 0.0326. The number of hydrogen-bond donors (Lipinski definition) is 1. The highest BCUT2D eigenvalue weighted by atomic mass is 19.1. The average molecular weight is 494 g/mol. The maximum absolute atomic E-state index is 14.1. The van der Waals surface area contributed by atoms with Crippen LogP contribution in [-0.2, 0) is 11.3 Å². The molecule has 0 bridgehead atoms. The number of aromatic nitrogens is 2. The number of carbonyl (C=O) groups excluding carboxylic acids is 1. The summed E-state index contributed by atoms with van der Waals surface area (Å²) in [6.07, 6.45) is 3.53. The van der Waals surface area contributed by atoms with Gasteiger partial charge in [0.2, 0.25) is 5.91 Å². The van der Waals surface area contributed by atoms with Gasteiger partial charge in [0.1, 0.15) is 12.4 Å². The molecule has 9 heteroatoms. The fraction of sp³-hybridized carbons (Fsp3) is 0.407. The Balaban J connectivity index is 1.85. The monoisotopic (exact) mass is 493 g/mol.